The van der Waals surface area contributed by atoms with Crippen molar-refractivity contribution in [3.05, 3.63) is 34.4 Å². The van der Waals surface area contributed by atoms with Crippen LogP contribution in [0.4, 0.5) is 4.79 Å². The van der Waals surface area contributed by atoms with Gasteiger partial charge in [0.2, 0.25) is 0 Å². The van der Waals surface area contributed by atoms with Crippen LogP contribution in [0.25, 0.3) is 6.08 Å². The van der Waals surface area contributed by atoms with E-state index in [1.165, 1.54) is 44.6 Å². The average molecular weight is 405 g/mol. The fourth-order valence-corrected chi connectivity index (χ4v) is 3.90. The minimum Gasteiger partial charge on any atom is -0.493 e. The maximum atomic E-state index is 11.9. The van der Waals surface area contributed by atoms with Crippen molar-refractivity contribution >= 4 is 35.5 Å². The average Bonchev–Trinajstić information content (AvgIpc) is 2.66. The van der Waals surface area contributed by atoms with Gasteiger partial charge in [-0.3, -0.25) is 20.2 Å². The first-order chi connectivity index (χ1) is 13.5. The van der Waals surface area contributed by atoms with Gasteiger partial charge in [0.05, 0.1) is 6.61 Å². The Balaban J connectivity index is 1.59. The van der Waals surface area contributed by atoms with Gasteiger partial charge in [-0.1, -0.05) is 50.1 Å². The molecule has 2 fully saturated rings. The highest BCUT2D eigenvalue weighted by Crippen LogP contribution is 2.28. The third-order valence-electron chi connectivity index (χ3n) is 5.20. The van der Waals surface area contributed by atoms with Gasteiger partial charge in [-0.05, 0) is 43.0 Å². The van der Waals surface area contributed by atoms with Crippen molar-refractivity contribution in [2.24, 2.45) is 5.92 Å². The smallest absolute Gasteiger partial charge is 0.328 e. The Labute approximate surface area is 169 Å². The molecule has 0 bridgehead atoms. The van der Waals surface area contributed by atoms with Crippen molar-refractivity contribution in [3.63, 3.8) is 0 Å². The second kappa shape index (κ2) is 9.73. The first kappa shape index (κ1) is 20.4. The lowest BCUT2D eigenvalue weighted by Crippen LogP contribution is -2.51. The molecule has 2 aliphatic rings. The molecule has 6 nitrogen and oxygen atoms in total. The number of benzene rings is 1. The number of carbonyl (C=O) groups is 3. The Morgan fingerprint density at radius 3 is 2.46 bits per heavy atom. The van der Waals surface area contributed by atoms with Gasteiger partial charge in [0.1, 0.15) is 11.3 Å². The normalized spacial score (nSPS) is 17.9. The van der Waals surface area contributed by atoms with Gasteiger partial charge in [-0.25, -0.2) is 4.79 Å². The summed E-state index contributed by atoms with van der Waals surface area (Å²) < 4.78 is 5.88. The third kappa shape index (κ3) is 5.58. The quantitative estimate of drug-likeness (QED) is 0.405. The first-order valence-corrected chi connectivity index (χ1v) is 10.2. The molecule has 150 valence electrons. The summed E-state index contributed by atoms with van der Waals surface area (Å²) >= 11 is 6.06. The highest BCUT2D eigenvalue weighted by atomic mass is 35.5. The van der Waals surface area contributed by atoms with E-state index in [0.29, 0.717) is 22.9 Å². The maximum absolute atomic E-state index is 11.9. The molecule has 7 heteroatoms. The molecule has 1 aliphatic heterocycles. The van der Waals surface area contributed by atoms with Crippen LogP contribution in [0.5, 0.6) is 5.75 Å². The lowest BCUT2D eigenvalue weighted by atomic mass is 9.86. The van der Waals surface area contributed by atoms with E-state index in [4.69, 9.17) is 16.3 Å². The van der Waals surface area contributed by atoms with Crippen LogP contribution in [0.2, 0.25) is 5.02 Å². The fourth-order valence-electron chi connectivity index (χ4n) is 3.72. The molecule has 0 unspecified atom stereocenters. The van der Waals surface area contributed by atoms with Crippen molar-refractivity contribution in [3.8, 4) is 5.75 Å². The van der Waals surface area contributed by atoms with Crippen molar-refractivity contribution in [1.82, 2.24) is 10.6 Å². The number of hydrogen-bond acceptors (Lipinski definition) is 4. The monoisotopic (exact) mass is 404 g/mol. The summed E-state index contributed by atoms with van der Waals surface area (Å²) in [6, 6.07) is 4.22. The summed E-state index contributed by atoms with van der Waals surface area (Å²) in [7, 11) is 0. The standard InChI is InChI=1S/C21H25ClN2O4/c22-16-9-10-18(28-11-5-4-8-14-6-2-1-3-7-14)15(12-16)13-17-19(25)23-21(27)24-20(17)26/h9-10,12-14H,1-8,11H2,(H2,23,24,25,26,27). The van der Waals surface area contributed by atoms with E-state index in [-0.39, 0.29) is 5.57 Å². The molecule has 1 heterocycles. The molecule has 0 aromatic heterocycles. The van der Waals surface area contributed by atoms with Crippen molar-refractivity contribution < 1.29 is 19.1 Å². The minimum absolute atomic E-state index is 0.163. The molecule has 1 aliphatic carbocycles. The van der Waals surface area contributed by atoms with Crippen molar-refractivity contribution in [2.45, 2.75) is 51.4 Å². The van der Waals surface area contributed by atoms with Crippen molar-refractivity contribution in [2.75, 3.05) is 6.61 Å². The fraction of sp³-hybridized carbons (Fsp3) is 0.476. The Morgan fingerprint density at radius 1 is 1.04 bits per heavy atom. The molecule has 0 radical (unpaired) electrons. The predicted octanol–water partition coefficient (Wildman–Crippen LogP) is 4.22. The molecule has 0 spiro atoms. The summed E-state index contributed by atoms with van der Waals surface area (Å²) in [5.41, 5.74) is 0.360. The molecule has 0 atom stereocenters. The Kier molecular flexibility index (Phi) is 7.09. The summed E-state index contributed by atoms with van der Waals surface area (Å²) in [6.07, 6.45) is 11.5. The molecule has 1 saturated carbocycles. The summed E-state index contributed by atoms with van der Waals surface area (Å²) in [5, 5.41) is 4.57. The van der Waals surface area contributed by atoms with Gasteiger partial charge >= 0.3 is 6.03 Å². The van der Waals surface area contributed by atoms with E-state index in [9.17, 15) is 14.4 Å². The van der Waals surface area contributed by atoms with Crippen molar-refractivity contribution in [1.29, 1.82) is 0 Å². The van der Waals surface area contributed by atoms with E-state index in [1.807, 2.05) is 0 Å². The molecular weight excluding hydrogens is 380 g/mol. The van der Waals surface area contributed by atoms with Crippen LogP contribution in [0.1, 0.15) is 56.9 Å². The third-order valence-corrected chi connectivity index (χ3v) is 5.44. The summed E-state index contributed by atoms with van der Waals surface area (Å²) in [5.74, 6) is -0.0815. The largest absolute Gasteiger partial charge is 0.493 e. The van der Waals surface area contributed by atoms with Crippen LogP contribution in [0, 0.1) is 5.92 Å². The predicted molar refractivity (Wildman–Crippen MR) is 107 cm³/mol. The molecule has 28 heavy (non-hydrogen) atoms. The molecule has 1 aromatic carbocycles. The zero-order valence-corrected chi connectivity index (χ0v) is 16.5. The summed E-state index contributed by atoms with van der Waals surface area (Å²) in [6.45, 7) is 0.557. The van der Waals surface area contributed by atoms with E-state index in [1.54, 1.807) is 18.2 Å². The van der Waals surface area contributed by atoms with Crippen LogP contribution in [-0.2, 0) is 9.59 Å². The van der Waals surface area contributed by atoms with Gasteiger partial charge in [-0.2, -0.15) is 0 Å². The number of rotatable bonds is 7. The van der Waals surface area contributed by atoms with E-state index < -0.39 is 17.8 Å². The molecular formula is C21H25ClN2O4. The first-order valence-electron chi connectivity index (χ1n) is 9.83. The maximum Gasteiger partial charge on any atom is 0.328 e. The summed E-state index contributed by atoms with van der Waals surface area (Å²) in [4.78, 5) is 35.0. The minimum atomic E-state index is -0.826. The van der Waals surface area contributed by atoms with Crippen LogP contribution in [0.15, 0.2) is 23.8 Å². The Hall–Kier alpha value is -2.34. The Bertz CT molecular complexity index is 763. The van der Waals surface area contributed by atoms with Gasteiger partial charge in [0.15, 0.2) is 0 Å². The second-order valence-corrected chi connectivity index (χ2v) is 7.76. The van der Waals surface area contributed by atoms with E-state index >= 15 is 0 Å². The van der Waals surface area contributed by atoms with Gasteiger partial charge in [-0.15, -0.1) is 0 Å². The number of barbiturate groups is 1. The lowest BCUT2D eigenvalue weighted by Gasteiger charge is -2.21. The van der Waals surface area contributed by atoms with Gasteiger partial charge < -0.3 is 4.74 Å². The second-order valence-electron chi connectivity index (χ2n) is 7.33. The topological polar surface area (TPSA) is 84.5 Å². The number of unbranched alkanes of at least 4 members (excludes halogenated alkanes) is 1. The number of amides is 4. The molecule has 3 rings (SSSR count). The SMILES string of the molecule is O=C1NC(=O)C(=Cc2cc(Cl)ccc2OCCCCC2CCCCC2)C(=O)N1. The number of nitrogens with one attached hydrogen (secondary N) is 2. The number of ether oxygens (including phenoxy) is 1. The van der Waals surface area contributed by atoms with Crippen LogP contribution in [-0.4, -0.2) is 24.5 Å². The molecule has 1 saturated heterocycles. The number of carbonyl (C=O) groups excluding carboxylic acids is 3. The van der Waals surface area contributed by atoms with Crippen LogP contribution < -0.4 is 15.4 Å². The lowest BCUT2D eigenvalue weighted by molar-refractivity contribution is -0.123. The molecule has 2 N–H and O–H groups in total. The highest BCUT2D eigenvalue weighted by molar-refractivity contribution is 6.32. The molecule has 1 aromatic rings. The Morgan fingerprint density at radius 2 is 1.75 bits per heavy atom. The number of halogens is 1. The molecule has 4 amide bonds. The number of urea groups is 1. The zero-order valence-electron chi connectivity index (χ0n) is 15.8. The highest BCUT2D eigenvalue weighted by Gasteiger charge is 2.28. The van der Waals surface area contributed by atoms with Crippen LogP contribution >= 0.6 is 11.6 Å². The number of hydrogen-bond donors (Lipinski definition) is 2. The number of imide groups is 2. The van der Waals surface area contributed by atoms with E-state index in [0.717, 1.165) is 18.8 Å². The van der Waals surface area contributed by atoms with Gasteiger partial charge in [0, 0.05) is 10.6 Å². The van der Waals surface area contributed by atoms with Crippen LogP contribution in [0.3, 0.4) is 0 Å². The zero-order chi connectivity index (χ0) is 19.9. The van der Waals surface area contributed by atoms with E-state index in [2.05, 4.69) is 10.6 Å². The van der Waals surface area contributed by atoms with Gasteiger partial charge in [0.25, 0.3) is 11.8 Å².